The molecule has 7 nitrogen and oxygen atoms in total. The van der Waals surface area contributed by atoms with Crippen molar-refractivity contribution in [3.05, 3.63) is 58.7 Å². The Morgan fingerprint density at radius 1 is 0.806 bits per heavy atom. The van der Waals surface area contributed by atoms with Crippen LogP contribution in [-0.2, 0) is 35.3 Å². The Morgan fingerprint density at radius 2 is 1.25 bits per heavy atom. The molecule has 36 heavy (non-hydrogen) atoms. The Morgan fingerprint density at radius 3 is 1.64 bits per heavy atom. The average molecular weight is 499 g/mol. The molecule has 0 unspecified atom stereocenters. The van der Waals surface area contributed by atoms with Crippen molar-refractivity contribution in [2.45, 2.75) is 71.6 Å². The van der Waals surface area contributed by atoms with E-state index in [2.05, 4.69) is 0 Å². The lowest BCUT2D eigenvalue weighted by atomic mass is 9.69. The van der Waals surface area contributed by atoms with Crippen LogP contribution in [0.3, 0.4) is 0 Å². The van der Waals surface area contributed by atoms with E-state index in [0.29, 0.717) is 11.1 Å². The molecule has 0 aliphatic rings. The molecule has 0 aliphatic carbocycles. The monoisotopic (exact) mass is 498 g/mol. The zero-order valence-electron chi connectivity index (χ0n) is 22.8. The van der Waals surface area contributed by atoms with Crippen molar-refractivity contribution in [2.75, 3.05) is 20.3 Å². The first-order valence-electron chi connectivity index (χ1n) is 12.1. The second-order valence-corrected chi connectivity index (χ2v) is 10.6. The number of rotatable bonds is 8. The van der Waals surface area contributed by atoms with E-state index >= 15 is 0 Å². The van der Waals surface area contributed by atoms with Crippen LogP contribution in [0.4, 0.5) is 0 Å². The van der Waals surface area contributed by atoms with Crippen LogP contribution < -0.4 is 4.74 Å². The molecule has 0 bridgehead atoms. The molecule has 2 rings (SSSR count). The molecule has 1 N–H and O–H groups in total. The minimum atomic E-state index is -2.48. The fourth-order valence-electron chi connectivity index (χ4n) is 4.14. The third-order valence-corrected chi connectivity index (χ3v) is 6.01. The van der Waals surface area contributed by atoms with E-state index < -0.39 is 34.0 Å². The first-order valence-corrected chi connectivity index (χ1v) is 12.1. The molecule has 0 radical (unpaired) electrons. The number of phenolic OH excluding ortho intramolecular Hbond substituents is 1. The van der Waals surface area contributed by atoms with Crippen LogP contribution in [0.5, 0.6) is 11.5 Å². The Kier molecular flexibility index (Phi) is 8.61. The van der Waals surface area contributed by atoms with Crippen molar-refractivity contribution in [1.29, 1.82) is 0 Å². The van der Waals surface area contributed by atoms with Gasteiger partial charge in [0.05, 0.1) is 25.9 Å². The summed E-state index contributed by atoms with van der Waals surface area (Å²) in [6.45, 7) is 14.5. The van der Waals surface area contributed by atoms with Gasteiger partial charge in [-0.15, -0.1) is 0 Å². The SMILES string of the molecule is CCOC(=O)C(C(=O)OCC)(C(=O)c1ccccc1OC)c1cc(C(C)(C)C)c(O)c(C(C)(C)C)c1. The van der Waals surface area contributed by atoms with E-state index in [-0.39, 0.29) is 35.8 Å². The quantitative estimate of drug-likeness (QED) is 0.302. The lowest BCUT2D eigenvalue weighted by molar-refractivity contribution is -0.161. The standard InChI is InChI=1S/C29H38O7/c1-10-35-25(32)29(26(33)36-11-2,24(31)19-14-12-13-15-22(19)34-9)18-16-20(27(3,4)5)23(30)21(17-18)28(6,7)8/h12-17,30H,10-11H2,1-9H3. The number of Topliss-reactive ketones (excluding diaryl/α,β-unsaturated/α-hetero) is 1. The highest BCUT2D eigenvalue weighted by Crippen LogP contribution is 2.44. The summed E-state index contributed by atoms with van der Waals surface area (Å²) < 4.78 is 16.1. The van der Waals surface area contributed by atoms with Crippen LogP contribution in [0.25, 0.3) is 0 Å². The van der Waals surface area contributed by atoms with Gasteiger partial charge in [0.15, 0.2) is 5.78 Å². The molecule has 7 heteroatoms. The van der Waals surface area contributed by atoms with Gasteiger partial charge in [0.1, 0.15) is 11.5 Å². The third-order valence-electron chi connectivity index (χ3n) is 6.01. The Labute approximate surface area is 213 Å². The van der Waals surface area contributed by atoms with Gasteiger partial charge in [-0.25, -0.2) is 9.59 Å². The van der Waals surface area contributed by atoms with Crippen LogP contribution >= 0.6 is 0 Å². The van der Waals surface area contributed by atoms with Crippen LogP contribution in [0, 0.1) is 0 Å². The molecule has 0 saturated heterocycles. The summed E-state index contributed by atoms with van der Waals surface area (Å²) in [7, 11) is 1.40. The summed E-state index contributed by atoms with van der Waals surface area (Å²) in [6.07, 6.45) is 0. The third kappa shape index (κ3) is 5.25. The molecule has 2 aromatic carbocycles. The van der Waals surface area contributed by atoms with E-state index in [1.165, 1.54) is 25.3 Å². The second kappa shape index (κ2) is 10.7. The number of ketones is 1. The number of esters is 2. The summed E-state index contributed by atoms with van der Waals surface area (Å²) >= 11 is 0. The smallest absolute Gasteiger partial charge is 0.336 e. The van der Waals surface area contributed by atoms with E-state index in [1.54, 1.807) is 32.0 Å². The maximum Gasteiger partial charge on any atom is 0.336 e. The van der Waals surface area contributed by atoms with E-state index in [0.717, 1.165) is 0 Å². The van der Waals surface area contributed by atoms with Gasteiger partial charge in [0.25, 0.3) is 5.41 Å². The molecular formula is C29H38O7. The number of ether oxygens (including phenoxy) is 3. The molecule has 0 spiro atoms. The van der Waals surface area contributed by atoms with Crippen molar-refractivity contribution < 1.29 is 33.7 Å². The van der Waals surface area contributed by atoms with Crippen molar-refractivity contribution in [3.63, 3.8) is 0 Å². The second-order valence-electron chi connectivity index (χ2n) is 10.6. The van der Waals surface area contributed by atoms with Crippen molar-refractivity contribution in [1.82, 2.24) is 0 Å². The summed E-state index contributed by atoms with van der Waals surface area (Å²) in [6, 6.07) is 9.44. The van der Waals surface area contributed by atoms with Crippen LogP contribution in [-0.4, -0.2) is 43.2 Å². The Bertz CT molecular complexity index is 1080. The van der Waals surface area contributed by atoms with Gasteiger partial charge >= 0.3 is 11.9 Å². The molecule has 0 heterocycles. The zero-order chi connectivity index (χ0) is 27.5. The van der Waals surface area contributed by atoms with E-state index in [9.17, 15) is 19.5 Å². The lowest BCUT2D eigenvalue weighted by Crippen LogP contribution is -2.53. The van der Waals surface area contributed by atoms with Crippen molar-refractivity contribution >= 4 is 17.7 Å². The van der Waals surface area contributed by atoms with Crippen molar-refractivity contribution in [3.8, 4) is 11.5 Å². The predicted octanol–water partition coefficient (Wildman–Crippen LogP) is 5.24. The fraction of sp³-hybridized carbons (Fsp3) is 0.483. The minimum absolute atomic E-state index is 0.0313. The molecule has 0 saturated carbocycles. The number of hydrogen-bond donors (Lipinski definition) is 1. The molecule has 196 valence electrons. The fourth-order valence-corrected chi connectivity index (χ4v) is 4.14. The summed E-state index contributed by atoms with van der Waals surface area (Å²) in [5.41, 5.74) is -2.57. The molecule has 0 aliphatic heterocycles. The maximum atomic E-state index is 14.3. The Hall–Kier alpha value is -3.35. The number of hydrogen-bond acceptors (Lipinski definition) is 7. The Balaban J connectivity index is 3.14. The highest BCUT2D eigenvalue weighted by atomic mass is 16.6. The van der Waals surface area contributed by atoms with Gasteiger partial charge < -0.3 is 19.3 Å². The number of carbonyl (C=O) groups is 3. The van der Waals surface area contributed by atoms with Gasteiger partial charge in [-0.1, -0.05) is 53.7 Å². The summed E-state index contributed by atoms with van der Waals surface area (Å²) in [5.74, 6) is -2.69. The lowest BCUT2D eigenvalue weighted by Gasteiger charge is -2.33. The van der Waals surface area contributed by atoms with Crippen LogP contribution in [0.1, 0.15) is 82.4 Å². The maximum absolute atomic E-state index is 14.3. The van der Waals surface area contributed by atoms with E-state index in [1.807, 2.05) is 41.5 Å². The minimum Gasteiger partial charge on any atom is -0.507 e. The largest absolute Gasteiger partial charge is 0.507 e. The predicted molar refractivity (Wildman–Crippen MR) is 138 cm³/mol. The van der Waals surface area contributed by atoms with Gasteiger partial charge in [-0.05, 0) is 65.6 Å². The molecular weight excluding hydrogens is 460 g/mol. The van der Waals surface area contributed by atoms with E-state index in [4.69, 9.17) is 14.2 Å². The molecule has 0 atom stereocenters. The summed E-state index contributed by atoms with van der Waals surface area (Å²) in [5, 5.41) is 11.2. The number of phenols is 1. The number of methoxy groups -OCH3 is 1. The molecule has 0 fully saturated rings. The number of benzene rings is 2. The zero-order valence-corrected chi connectivity index (χ0v) is 22.8. The summed E-state index contributed by atoms with van der Waals surface area (Å²) in [4.78, 5) is 41.9. The topological polar surface area (TPSA) is 99.1 Å². The first kappa shape index (κ1) is 28.9. The highest BCUT2D eigenvalue weighted by Gasteiger charge is 2.58. The average Bonchev–Trinajstić information content (AvgIpc) is 2.79. The highest BCUT2D eigenvalue weighted by molar-refractivity contribution is 6.31. The van der Waals surface area contributed by atoms with Crippen LogP contribution in [0.2, 0.25) is 0 Å². The number of para-hydroxylation sites is 1. The van der Waals surface area contributed by atoms with Gasteiger partial charge in [0.2, 0.25) is 0 Å². The molecule has 0 amide bonds. The molecule has 0 aromatic heterocycles. The van der Waals surface area contributed by atoms with Crippen LogP contribution in [0.15, 0.2) is 36.4 Å². The normalized spacial score (nSPS) is 12.1. The number of carbonyl (C=O) groups excluding carboxylic acids is 3. The van der Waals surface area contributed by atoms with Gasteiger partial charge in [-0.2, -0.15) is 0 Å². The first-order chi connectivity index (χ1) is 16.7. The van der Waals surface area contributed by atoms with Gasteiger partial charge in [0, 0.05) is 0 Å². The van der Waals surface area contributed by atoms with Gasteiger partial charge in [-0.3, -0.25) is 4.79 Å². The van der Waals surface area contributed by atoms with Crippen molar-refractivity contribution in [2.24, 2.45) is 0 Å². The molecule has 2 aromatic rings. The number of aromatic hydroxyl groups is 1.